The number of hydrogen-bond acceptors (Lipinski definition) is 5. The van der Waals surface area contributed by atoms with E-state index in [9.17, 15) is 9.59 Å². The molecule has 0 spiro atoms. The van der Waals surface area contributed by atoms with Crippen LogP contribution in [0.3, 0.4) is 0 Å². The van der Waals surface area contributed by atoms with Crippen LogP contribution in [-0.2, 0) is 17.6 Å². The van der Waals surface area contributed by atoms with Crippen LogP contribution in [0.2, 0.25) is 5.15 Å². The van der Waals surface area contributed by atoms with Gasteiger partial charge in [-0.3, -0.25) is 14.9 Å². The molecule has 2 heterocycles. The number of carbonyl (C=O) groups is 2. The fraction of sp³-hybridized carbons (Fsp3) is 0.231. The zero-order valence-corrected chi connectivity index (χ0v) is 12.7. The Morgan fingerprint density at radius 3 is 2.76 bits per heavy atom. The minimum atomic E-state index is -0.966. The highest BCUT2D eigenvalue weighted by molar-refractivity contribution is 7.14. The number of carboxylic acid groups (broad SMARTS) is 1. The van der Waals surface area contributed by atoms with Gasteiger partial charge in [-0.05, 0) is 18.6 Å². The molecule has 2 rings (SSSR count). The number of pyridine rings is 1. The SMILES string of the molecule is CCc1cc(C(=O)Nc2nc(CC(=O)O)cs2)cc(Cl)n1. The molecule has 6 nitrogen and oxygen atoms in total. The first-order valence-electron chi connectivity index (χ1n) is 6.12. The molecule has 0 bridgehead atoms. The van der Waals surface area contributed by atoms with Crippen molar-refractivity contribution in [3.8, 4) is 0 Å². The highest BCUT2D eigenvalue weighted by Crippen LogP contribution is 2.18. The zero-order valence-electron chi connectivity index (χ0n) is 11.1. The normalized spacial score (nSPS) is 10.4. The summed E-state index contributed by atoms with van der Waals surface area (Å²) in [6.07, 6.45) is 0.494. The predicted molar refractivity (Wildman–Crippen MR) is 80.0 cm³/mol. The number of nitrogens with one attached hydrogen (secondary N) is 1. The Hall–Kier alpha value is -1.99. The molecule has 0 aliphatic rings. The van der Waals surface area contributed by atoms with E-state index in [1.807, 2.05) is 6.92 Å². The number of nitrogens with zero attached hydrogens (tertiary/aromatic N) is 2. The van der Waals surface area contributed by atoms with Crippen LogP contribution >= 0.6 is 22.9 Å². The Labute approximate surface area is 129 Å². The first-order valence-corrected chi connectivity index (χ1v) is 7.37. The molecule has 0 unspecified atom stereocenters. The third kappa shape index (κ3) is 4.24. The molecule has 0 aliphatic carbocycles. The van der Waals surface area contributed by atoms with Crippen molar-refractivity contribution in [3.63, 3.8) is 0 Å². The summed E-state index contributed by atoms with van der Waals surface area (Å²) in [5.41, 5.74) is 1.52. The van der Waals surface area contributed by atoms with Crippen molar-refractivity contribution in [3.05, 3.63) is 39.6 Å². The van der Waals surface area contributed by atoms with Crippen LogP contribution in [0.15, 0.2) is 17.5 Å². The molecule has 0 saturated carbocycles. The maximum absolute atomic E-state index is 12.1. The number of aliphatic carboxylic acids is 1. The van der Waals surface area contributed by atoms with Crippen LogP contribution < -0.4 is 5.32 Å². The average molecular weight is 326 g/mol. The summed E-state index contributed by atoms with van der Waals surface area (Å²) in [6, 6.07) is 3.13. The maximum atomic E-state index is 12.1. The molecule has 2 aromatic rings. The van der Waals surface area contributed by atoms with E-state index in [4.69, 9.17) is 16.7 Å². The molecule has 0 saturated heterocycles. The topological polar surface area (TPSA) is 92.2 Å². The van der Waals surface area contributed by atoms with Crippen molar-refractivity contribution in [1.29, 1.82) is 0 Å². The first kappa shape index (κ1) is 15.4. The van der Waals surface area contributed by atoms with Crippen molar-refractivity contribution >= 4 is 39.9 Å². The summed E-state index contributed by atoms with van der Waals surface area (Å²) >= 11 is 7.04. The Balaban J connectivity index is 2.12. The molecule has 0 fully saturated rings. The molecule has 21 heavy (non-hydrogen) atoms. The lowest BCUT2D eigenvalue weighted by Crippen LogP contribution is -2.13. The third-order valence-electron chi connectivity index (χ3n) is 2.58. The van der Waals surface area contributed by atoms with E-state index in [0.29, 0.717) is 22.8 Å². The average Bonchev–Trinajstić information content (AvgIpc) is 2.84. The lowest BCUT2D eigenvalue weighted by molar-refractivity contribution is -0.136. The number of carbonyl (C=O) groups excluding carboxylic acids is 1. The van der Waals surface area contributed by atoms with Gasteiger partial charge in [0.1, 0.15) is 5.15 Å². The van der Waals surface area contributed by atoms with Gasteiger partial charge in [-0.15, -0.1) is 11.3 Å². The number of anilines is 1. The van der Waals surface area contributed by atoms with Crippen molar-refractivity contribution in [2.45, 2.75) is 19.8 Å². The van der Waals surface area contributed by atoms with E-state index in [1.165, 1.54) is 17.4 Å². The zero-order chi connectivity index (χ0) is 15.4. The van der Waals surface area contributed by atoms with Gasteiger partial charge in [0.15, 0.2) is 5.13 Å². The number of aromatic nitrogens is 2. The van der Waals surface area contributed by atoms with E-state index >= 15 is 0 Å². The van der Waals surface area contributed by atoms with Gasteiger partial charge in [-0.25, -0.2) is 9.97 Å². The van der Waals surface area contributed by atoms with Gasteiger partial charge in [0, 0.05) is 16.6 Å². The Bertz CT molecular complexity index is 687. The molecule has 8 heteroatoms. The smallest absolute Gasteiger partial charge is 0.309 e. The van der Waals surface area contributed by atoms with Crippen LogP contribution in [-0.4, -0.2) is 27.0 Å². The van der Waals surface area contributed by atoms with Gasteiger partial charge in [0.2, 0.25) is 0 Å². The Morgan fingerprint density at radius 2 is 2.10 bits per heavy atom. The minimum Gasteiger partial charge on any atom is -0.481 e. The van der Waals surface area contributed by atoms with Crippen molar-refractivity contribution in [2.24, 2.45) is 0 Å². The maximum Gasteiger partial charge on any atom is 0.309 e. The lowest BCUT2D eigenvalue weighted by Gasteiger charge is -2.04. The van der Waals surface area contributed by atoms with Gasteiger partial charge < -0.3 is 5.11 Å². The number of hydrogen-bond donors (Lipinski definition) is 2. The van der Waals surface area contributed by atoms with Gasteiger partial charge >= 0.3 is 5.97 Å². The highest BCUT2D eigenvalue weighted by Gasteiger charge is 2.12. The standard InChI is InChI=1S/C13H12ClN3O3S/c1-2-8-3-7(4-10(14)15-8)12(20)17-13-16-9(6-21-13)5-11(18)19/h3-4,6H,2,5H2,1H3,(H,18,19)(H,16,17,20). The number of halogens is 1. The van der Waals surface area contributed by atoms with Crippen LogP contribution in [0.5, 0.6) is 0 Å². The minimum absolute atomic E-state index is 0.173. The second-order valence-electron chi connectivity index (χ2n) is 4.19. The summed E-state index contributed by atoms with van der Waals surface area (Å²) in [5.74, 6) is -1.32. The van der Waals surface area contributed by atoms with E-state index in [0.717, 1.165) is 5.69 Å². The van der Waals surface area contributed by atoms with Gasteiger partial charge in [0.05, 0.1) is 12.1 Å². The molecule has 2 aromatic heterocycles. The van der Waals surface area contributed by atoms with Gasteiger partial charge in [-0.1, -0.05) is 18.5 Å². The number of amides is 1. The number of aryl methyl sites for hydroxylation is 1. The third-order valence-corrected chi connectivity index (χ3v) is 3.58. The summed E-state index contributed by atoms with van der Waals surface area (Å²) < 4.78 is 0. The molecule has 0 radical (unpaired) electrons. The van der Waals surface area contributed by atoms with Crippen molar-refractivity contribution in [1.82, 2.24) is 9.97 Å². The number of carboxylic acids is 1. The van der Waals surface area contributed by atoms with Crippen LogP contribution in [0.1, 0.15) is 28.7 Å². The number of rotatable bonds is 5. The van der Waals surface area contributed by atoms with Gasteiger partial charge in [0.25, 0.3) is 5.91 Å². The predicted octanol–water partition coefficient (Wildman–Crippen LogP) is 2.63. The van der Waals surface area contributed by atoms with E-state index < -0.39 is 5.97 Å². The van der Waals surface area contributed by atoms with Crippen LogP contribution in [0.4, 0.5) is 5.13 Å². The highest BCUT2D eigenvalue weighted by atomic mass is 35.5. The van der Waals surface area contributed by atoms with E-state index in [-0.39, 0.29) is 17.5 Å². The Kier molecular flexibility index (Phi) is 4.87. The summed E-state index contributed by atoms with van der Waals surface area (Å²) in [7, 11) is 0. The van der Waals surface area contributed by atoms with Crippen molar-refractivity contribution < 1.29 is 14.7 Å². The second kappa shape index (κ2) is 6.64. The number of thiazole rings is 1. The van der Waals surface area contributed by atoms with Crippen LogP contribution in [0.25, 0.3) is 0 Å². The quantitative estimate of drug-likeness (QED) is 0.824. The van der Waals surface area contributed by atoms with E-state index in [1.54, 1.807) is 11.4 Å². The lowest BCUT2D eigenvalue weighted by atomic mass is 10.2. The van der Waals surface area contributed by atoms with Crippen molar-refractivity contribution in [2.75, 3.05) is 5.32 Å². The first-order chi connectivity index (χ1) is 9.97. The summed E-state index contributed by atoms with van der Waals surface area (Å²) in [4.78, 5) is 30.8. The molecular weight excluding hydrogens is 314 g/mol. The van der Waals surface area contributed by atoms with E-state index in [2.05, 4.69) is 15.3 Å². The molecular formula is C13H12ClN3O3S. The summed E-state index contributed by atoms with van der Waals surface area (Å²) in [6.45, 7) is 1.92. The van der Waals surface area contributed by atoms with Gasteiger partial charge in [-0.2, -0.15) is 0 Å². The summed E-state index contributed by atoms with van der Waals surface area (Å²) in [5, 5.41) is 13.5. The Morgan fingerprint density at radius 1 is 1.33 bits per heavy atom. The monoisotopic (exact) mass is 325 g/mol. The molecule has 110 valence electrons. The molecule has 1 amide bonds. The fourth-order valence-electron chi connectivity index (χ4n) is 1.63. The molecule has 0 atom stereocenters. The molecule has 2 N–H and O–H groups in total. The molecule has 0 aliphatic heterocycles. The fourth-order valence-corrected chi connectivity index (χ4v) is 2.56. The molecule has 0 aromatic carbocycles. The second-order valence-corrected chi connectivity index (χ2v) is 5.44. The largest absolute Gasteiger partial charge is 0.481 e. The van der Waals surface area contributed by atoms with Crippen LogP contribution in [0, 0.1) is 0 Å².